The fourth-order valence-corrected chi connectivity index (χ4v) is 1.02. The summed E-state index contributed by atoms with van der Waals surface area (Å²) in [5.41, 5.74) is 1.03. The Balaban J connectivity index is 2.64. The molecule has 0 aliphatic carbocycles. The molecule has 13 heavy (non-hydrogen) atoms. The van der Waals surface area contributed by atoms with Crippen LogP contribution in [0.3, 0.4) is 0 Å². The molecule has 0 unspecified atom stereocenters. The van der Waals surface area contributed by atoms with Gasteiger partial charge in [-0.05, 0) is 24.1 Å². The highest BCUT2D eigenvalue weighted by Gasteiger charge is 1.97. The minimum absolute atomic E-state index is 0.132. The summed E-state index contributed by atoms with van der Waals surface area (Å²) in [4.78, 5) is 10.6. The Labute approximate surface area is 77.0 Å². The Bertz CT molecular complexity index is 277. The summed E-state index contributed by atoms with van der Waals surface area (Å²) >= 11 is 0. The molecule has 0 amide bonds. The summed E-state index contributed by atoms with van der Waals surface area (Å²) in [6.45, 7) is 1.49. The van der Waals surface area contributed by atoms with Crippen molar-refractivity contribution in [1.82, 2.24) is 0 Å². The predicted octanol–water partition coefficient (Wildman–Crippen LogP) is 1.15. The van der Waals surface area contributed by atoms with Crippen molar-refractivity contribution < 1.29 is 14.6 Å². The van der Waals surface area contributed by atoms with Gasteiger partial charge in [0.25, 0.3) is 0 Å². The van der Waals surface area contributed by atoms with Crippen LogP contribution in [0, 0.1) is 0 Å². The Morgan fingerprint density at radius 3 is 2.46 bits per heavy atom. The smallest absolute Gasteiger partial charge is 0.308 e. The molecule has 3 heteroatoms. The molecule has 3 nitrogen and oxygen atoms in total. The Morgan fingerprint density at radius 1 is 1.38 bits per heavy atom. The zero-order valence-corrected chi connectivity index (χ0v) is 7.49. The average molecular weight is 180 g/mol. The van der Waals surface area contributed by atoms with Crippen LogP contribution in [0.4, 0.5) is 0 Å². The largest absolute Gasteiger partial charge is 0.427 e. The monoisotopic (exact) mass is 180 g/mol. The normalized spacial score (nSPS) is 9.69. The molecule has 0 saturated carbocycles. The number of ether oxygens (including phenoxy) is 1. The summed E-state index contributed by atoms with van der Waals surface area (Å²) in [7, 11) is 0. The molecule has 0 aromatic heterocycles. The van der Waals surface area contributed by atoms with E-state index in [1.807, 2.05) is 12.1 Å². The van der Waals surface area contributed by atoms with Crippen LogP contribution in [0.15, 0.2) is 24.3 Å². The number of aliphatic hydroxyl groups excluding tert-OH is 1. The third kappa shape index (κ3) is 3.25. The molecule has 0 radical (unpaired) electrons. The van der Waals surface area contributed by atoms with Crippen LogP contribution < -0.4 is 4.74 Å². The van der Waals surface area contributed by atoms with E-state index in [4.69, 9.17) is 9.84 Å². The Morgan fingerprint density at radius 2 is 2.00 bits per heavy atom. The van der Waals surface area contributed by atoms with Gasteiger partial charge in [-0.1, -0.05) is 12.1 Å². The van der Waals surface area contributed by atoms with Crippen molar-refractivity contribution in [2.45, 2.75) is 13.3 Å². The van der Waals surface area contributed by atoms with Gasteiger partial charge in [0, 0.05) is 13.5 Å². The van der Waals surface area contributed by atoms with Crippen molar-refractivity contribution in [3.8, 4) is 5.75 Å². The summed E-state index contributed by atoms with van der Waals surface area (Å²) in [5.74, 6) is 0.212. The molecule has 1 rings (SSSR count). The van der Waals surface area contributed by atoms with E-state index in [-0.39, 0.29) is 12.6 Å². The van der Waals surface area contributed by atoms with Gasteiger partial charge in [0.2, 0.25) is 0 Å². The topological polar surface area (TPSA) is 46.5 Å². The van der Waals surface area contributed by atoms with Crippen LogP contribution in [-0.2, 0) is 11.2 Å². The molecule has 0 aliphatic rings. The van der Waals surface area contributed by atoms with E-state index in [1.54, 1.807) is 12.1 Å². The zero-order valence-electron chi connectivity index (χ0n) is 7.49. The molecule has 0 bridgehead atoms. The summed E-state index contributed by atoms with van der Waals surface area (Å²) in [5, 5.41) is 8.65. The molecular formula is C10H12O3. The van der Waals surface area contributed by atoms with Crippen LogP contribution in [0.25, 0.3) is 0 Å². The zero-order chi connectivity index (χ0) is 9.68. The standard InChI is InChI=1S/C10H12O3/c1-8(12)13-10-4-2-9(3-5-10)6-7-11/h2-5,11H,6-7H2,1H3. The highest BCUT2D eigenvalue weighted by atomic mass is 16.5. The minimum atomic E-state index is -0.324. The highest BCUT2D eigenvalue weighted by molar-refractivity contribution is 5.69. The van der Waals surface area contributed by atoms with Gasteiger partial charge in [-0.15, -0.1) is 0 Å². The fraction of sp³-hybridized carbons (Fsp3) is 0.300. The van der Waals surface area contributed by atoms with Crippen molar-refractivity contribution in [2.24, 2.45) is 0 Å². The van der Waals surface area contributed by atoms with Gasteiger partial charge >= 0.3 is 5.97 Å². The van der Waals surface area contributed by atoms with E-state index in [1.165, 1.54) is 6.92 Å². The number of benzene rings is 1. The molecule has 0 aliphatic heterocycles. The van der Waals surface area contributed by atoms with Crippen molar-refractivity contribution in [3.63, 3.8) is 0 Å². The van der Waals surface area contributed by atoms with Crippen molar-refractivity contribution in [3.05, 3.63) is 29.8 Å². The highest BCUT2D eigenvalue weighted by Crippen LogP contribution is 2.12. The average Bonchev–Trinajstić information content (AvgIpc) is 2.08. The summed E-state index contributed by atoms with van der Waals surface area (Å²) in [6, 6.07) is 7.09. The number of hydrogen-bond donors (Lipinski definition) is 1. The van der Waals surface area contributed by atoms with Gasteiger partial charge in [-0.25, -0.2) is 0 Å². The van der Waals surface area contributed by atoms with E-state index in [2.05, 4.69) is 0 Å². The fourth-order valence-electron chi connectivity index (χ4n) is 1.02. The van der Waals surface area contributed by atoms with E-state index in [0.29, 0.717) is 12.2 Å². The van der Waals surface area contributed by atoms with E-state index in [0.717, 1.165) is 5.56 Å². The number of rotatable bonds is 3. The SMILES string of the molecule is CC(=O)Oc1ccc(CCO)cc1. The third-order valence-electron chi connectivity index (χ3n) is 1.59. The van der Waals surface area contributed by atoms with Crippen LogP contribution in [0.5, 0.6) is 5.75 Å². The van der Waals surface area contributed by atoms with Crippen molar-refractivity contribution >= 4 is 5.97 Å². The second-order valence-electron chi connectivity index (χ2n) is 2.71. The second-order valence-corrected chi connectivity index (χ2v) is 2.71. The maximum absolute atomic E-state index is 10.6. The quantitative estimate of drug-likeness (QED) is 0.560. The van der Waals surface area contributed by atoms with Crippen LogP contribution in [0.2, 0.25) is 0 Å². The first kappa shape index (κ1) is 9.74. The van der Waals surface area contributed by atoms with Crippen LogP contribution in [0.1, 0.15) is 12.5 Å². The molecule has 0 fully saturated rings. The lowest BCUT2D eigenvalue weighted by Gasteiger charge is -2.02. The lowest BCUT2D eigenvalue weighted by molar-refractivity contribution is -0.131. The van der Waals surface area contributed by atoms with E-state index < -0.39 is 0 Å². The first-order valence-corrected chi connectivity index (χ1v) is 4.10. The first-order chi connectivity index (χ1) is 6.22. The van der Waals surface area contributed by atoms with Crippen molar-refractivity contribution in [1.29, 1.82) is 0 Å². The minimum Gasteiger partial charge on any atom is -0.427 e. The van der Waals surface area contributed by atoms with Gasteiger partial charge in [-0.3, -0.25) is 4.79 Å². The van der Waals surface area contributed by atoms with Gasteiger partial charge in [-0.2, -0.15) is 0 Å². The molecular weight excluding hydrogens is 168 g/mol. The molecule has 0 saturated heterocycles. The lowest BCUT2D eigenvalue weighted by Crippen LogP contribution is -2.01. The number of aliphatic hydroxyl groups is 1. The Hall–Kier alpha value is -1.35. The van der Waals surface area contributed by atoms with Gasteiger partial charge in [0.1, 0.15) is 5.75 Å². The maximum Gasteiger partial charge on any atom is 0.308 e. The van der Waals surface area contributed by atoms with Gasteiger partial charge < -0.3 is 9.84 Å². The second kappa shape index (κ2) is 4.62. The first-order valence-electron chi connectivity index (χ1n) is 4.10. The summed E-state index contributed by atoms with van der Waals surface area (Å²) < 4.78 is 4.85. The molecule has 1 aromatic carbocycles. The molecule has 0 spiro atoms. The summed E-state index contributed by atoms with van der Waals surface area (Å²) in [6.07, 6.45) is 0.625. The van der Waals surface area contributed by atoms with Crippen molar-refractivity contribution in [2.75, 3.05) is 6.61 Å². The van der Waals surface area contributed by atoms with Gasteiger partial charge in [0.15, 0.2) is 0 Å². The predicted molar refractivity (Wildman–Crippen MR) is 48.5 cm³/mol. The molecule has 70 valence electrons. The molecule has 0 heterocycles. The number of carbonyl (C=O) groups excluding carboxylic acids is 1. The number of hydrogen-bond acceptors (Lipinski definition) is 3. The molecule has 1 N–H and O–H groups in total. The number of carbonyl (C=O) groups is 1. The van der Waals surface area contributed by atoms with E-state index in [9.17, 15) is 4.79 Å². The molecule has 0 atom stereocenters. The van der Waals surface area contributed by atoms with Gasteiger partial charge in [0.05, 0.1) is 0 Å². The molecule has 1 aromatic rings. The van der Waals surface area contributed by atoms with Crippen LogP contribution in [-0.4, -0.2) is 17.7 Å². The van der Waals surface area contributed by atoms with E-state index >= 15 is 0 Å². The Kier molecular flexibility index (Phi) is 3.46. The maximum atomic E-state index is 10.6. The van der Waals surface area contributed by atoms with Crippen LogP contribution >= 0.6 is 0 Å². The lowest BCUT2D eigenvalue weighted by atomic mass is 10.1. The number of esters is 1. The third-order valence-corrected chi connectivity index (χ3v) is 1.59.